The van der Waals surface area contributed by atoms with Crippen LogP contribution in [-0.4, -0.2) is 29.1 Å². The van der Waals surface area contributed by atoms with Crippen molar-refractivity contribution in [3.05, 3.63) is 46.2 Å². The zero-order chi connectivity index (χ0) is 15.5. The van der Waals surface area contributed by atoms with E-state index in [4.69, 9.17) is 0 Å². The number of aromatic nitrogens is 1. The lowest BCUT2D eigenvalue weighted by molar-refractivity contribution is 0.171. The fourth-order valence-electron chi connectivity index (χ4n) is 3.41. The van der Waals surface area contributed by atoms with Crippen molar-refractivity contribution in [3.8, 4) is 6.07 Å². The highest BCUT2D eigenvalue weighted by molar-refractivity contribution is 5.80. The molecule has 1 aliphatic rings. The number of aryl methyl sites for hydroxylation is 1. The third-order valence-electron chi connectivity index (χ3n) is 4.73. The number of fused-ring (bicyclic) bond motifs is 1. The molecule has 114 valence electrons. The summed E-state index contributed by atoms with van der Waals surface area (Å²) in [5.74, 6) is 0. The van der Waals surface area contributed by atoms with E-state index < -0.39 is 0 Å². The summed E-state index contributed by atoms with van der Waals surface area (Å²) in [5.41, 5.74) is 0.991. The number of hydrogen-bond donors (Lipinski definition) is 0. The quantitative estimate of drug-likeness (QED) is 0.875. The fraction of sp³-hybridized carbons (Fsp3) is 0.444. The Hall–Kier alpha value is -2.12. The average molecular weight is 295 g/mol. The molecule has 0 saturated carbocycles. The Kier molecular flexibility index (Phi) is 4.26. The van der Waals surface area contributed by atoms with E-state index in [0.717, 1.165) is 18.5 Å². The van der Waals surface area contributed by atoms with Gasteiger partial charge in [-0.05, 0) is 45.0 Å². The maximum Gasteiger partial charge on any atom is 0.207 e. The molecule has 1 aromatic carbocycles. The van der Waals surface area contributed by atoms with Crippen LogP contribution >= 0.6 is 0 Å². The maximum absolute atomic E-state index is 12.2. The van der Waals surface area contributed by atoms with Crippen molar-refractivity contribution in [2.75, 3.05) is 13.6 Å². The number of pyridine rings is 1. The topological polar surface area (TPSA) is 49.0 Å². The van der Waals surface area contributed by atoms with Gasteiger partial charge in [-0.1, -0.05) is 18.6 Å². The summed E-state index contributed by atoms with van der Waals surface area (Å²) in [4.78, 5) is 14.7. The van der Waals surface area contributed by atoms with Gasteiger partial charge in [0, 0.05) is 24.2 Å². The smallest absolute Gasteiger partial charge is 0.207 e. The van der Waals surface area contributed by atoms with E-state index in [2.05, 4.69) is 16.5 Å². The number of para-hydroxylation sites is 1. The van der Waals surface area contributed by atoms with Crippen LogP contribution in [0.4, 0.5) is 0 Å². The third-order valence-corrected chi connectivity index (χ3v) is 4.73. The molecule has 1 fully saturated rings. The molecule has 2 heterocycles. The standard InChI is InChI=1S/C18H21N3O/c1-20-10-5-4-6-15(20)9-11-21-13-14(12-19)18(22)16-7-2-3-8-17(16)21/h2-3,7-8,13,15H,4-6,9-11H2,1H3. The average Bonchev–Trinajstić information content (AvgIpc) is 2.56. The van der Waals surface area contributed by atoms with Crippen molar-refractivity contribution in [3.63, 3.8) is 0 Å². The van der Waals surface area contributed by atoms with Crippen LogP contribution in [-0.2, 0) is 6.54 Å². The minimum absolute atomic E-state index is 0.163. The van der Waals surface area contributed by atoms with Crippen LogP contribution in [0.2, 0.25) is 0 Å². The summed E-state index contributed by atoms with van der Waals surface area (Å²) >= 11 is 0. The number of nitrogens with zero attached hydrogens (tertiary/aromatic N) is 3. The molecule has 22 heavy (non-hydrogen) atoms. The third kappa shape index (κ3) is 2.77. The zero-order valence-corrected chi connectivity index (χ0v) is 13.0. The molecule has 1 aromatic heterocycles. The monoisotopic (exact) mass is 295 g/mol. The number of hydrogen-bond acceptors (Lipinski definition) is 3. The van der Waals surface area contributed by atoms with Crippen molar-refractivity contribution in [1.29, 1.82) is 5.26 Å². The molecule has 1 saturated heterocycles. The van der Waals surface area contributed by atoms with Gasteiger partial charge in [-0.15, -0.1) is 0 Å². The molecule has 0 radical (unpaired) electrons. The zero-order valence-electron chi connectivity index (χ0n) is 13.0. The Morgan fingerprint density at radius 2 is 2.14 bits per heavy atom. The number of likely N-dealkylation sites (tertiary alicyclic amines) is 1. The van der Waals surface area contributed by atoms with Crippen molar-refractivity contribution >= 4 is 10.9 Å². The number of nitriles is 1. The molecule has 4 nitrogen and oxygen atoms in total. The Bertz CT molecular complexity index is 772. The van der Waals surface area contributed by atoms with Crippen LogP contribution in [0.15, 0.2) is 35.3 Å². The molecule has 1 unspecified atom stereocenters. The highest BCUT2D eigenvalue weighted by Gasteiger charge is 2.19. The van der Waals surface area contributed by atoms with Crippen LogP contribution in [0.25, 0.3) is 10.9 Å². The summed E-state index contributed by atoms with van der Waals surface area (Å²) < 4.78 is 2.07. The number of benzene rings is 1. The van der Waals surface area contributed by atoms with Crippen molar-refractivity contribution in [2.45, 2.75) is 38.3 Å². The number of piperidine rings is 1. The van der Waals surface area contributed by atoms with Crippen LogP contribution in [0.1, 0.15) is 31.2 Å². The highest BCUT2D eigenvalue weighted by Crippen LogP contribution is 2.19. The molecule has 0 aliphatic carbocycles. The largest absolute Gasteiger partial charge is 0.346 e. The molecule has 2 aromatic rings. The summed E-state index contributed by atoms with van der Waals surface area (Å²) in [7, 11) is 2.19. The first-order chi connectivity index (χ1) is 10.7. The predicted octanol–water partition coefficient (Wildman–Crippen LogP) is 2.75. The van der Waals surface area contributed by atoms with Gasteiger partial charge in [0.2, 0.25) is 5.43 Å². The van der Waals surface area contributed by atoms with E-state index in [0.29, 0.717) is 11.4 Å². The molecule has 1 aliphatic heterocycles. The van der Waals surface area contributed by atoms with Gasteiger partial charge < -0.3 is 9.47 Å². The van der Waals surface area contributed by atoms with Crippen molar-refractivity contribution in [1.82, 2.24) is 9.47 Å². The molecule has 0 amide bonds. The van der Waals surface area contributed by atoms with E-state index in [-0.39, 0.29) is 11.0 Å². The second-order valence-corrected chi connectivity index (χ2v) is 6.11. The summed E-state index contributed by atoms with van der Waals surface area (Å²) in [5, 5.41) is 9.83. The van der Waals surface area contributed by atoms with Gasteiger partial charge in [-0.25, -0.2) is 0 Å². The SMILES string of the molecule is CN1CCCCC1CCn1cc(C#N)c(=O)c2ccccc21. The Balaban J connectivity index is 1.92. The van der Waals surface area contributed by atoms with E-state index >= 15 is 0 Å². The van der Waals surface area contributed by atoms with Gasteiger partial charge in [0.05, 0.1) is 5.52 Å². The van der Waals surface area contributed by atoms with E-state index in [1.54, 1.807) is 6.20 Å². The van der Waals surface area contributed by atoms with Gasteiger partial charge in [0.1, 0.15) is 11.6 Å². The minimum atomic E-state index is -0.163. The summed E-state index contributed by atoms with van der Waals surface area (Å²) in [6, 6.07) is 10.2. The first kappa shape index (κ1) is 14.8. The lowest BCUT2D eigenvalue weighted by Crippen LogP contribution is -2.36. The summed E-state index contributed by atoms with van der Waals surface area (Å²) in [6.45, 7) is 2.00. The molecular weight excluding hydrogens is 274 g/mol. The van der Waals surface area contributed by atoms with Crippen LogP contribution in [0, 0.1) is 11.3 Å². The minimum Gasteiger partial charge on any atom is -0.346 e. The second-order valence-electron chi connectivity index (χ2n) is 6.11. The first-order valence-electron chi connectivity index (χ1n) is 7.93. The van der Waals surface area contributed by atoms with Crippen LogP contribution in [0.5, 0.6) is 0 Å². The maximum atomic E-state index is 12.2. The van der Waals surface area contributed by atoms with Gasteiger partial charge >= 0.3 is 0 Å². The van der Waals surface area contributed by atoms with Gasteiger partial charge in [-0.2, -0.15) is 5.26 Å². The normalized spacial score (nSPS) is 19.2. The van der Waals surface area contributed by atoms with Crippen LogP contribution < -0.4 is 5.43 Å². The lowest BCUT2D eigenvalue weighted by atomic mass is 10.00. The molecule has 0 spiro atoms. The van der Waals surface area contributed by atoms with Crippen molar-refractivity contribution < 1.29 is 0 Å². The Morgan fingerprint density at radius 3 is 2.91 bits per heavy atom. The Labute approximate surface area is 130 Å². The second kappa shape index (κ2) is 6.33. The molecule has 4 heteroatoms. The van der Waals surface area contributed by atoms with Gasteiger partial charge in [-0.3, -0.25) is 4.79 Å². The molecule has 3 rings (SSSR count). The molecule has 0 bridgehead atoms. The van der Waals surface area contributed by atoms with E-state index in [1.165, 1.54) is 25.8 Å². The molecule has 0 N–H and O–H groups in total. The summed E-state index contributed by atoms with van der Waals surface area (Å²) in [6.07, 6.45) is 6.58. The van der Waals surface area contributed by atoms with Gasteiger partial charge in [0.15, 0.2) is 0 Å². The van der Waals surface area contributed by atoms with E-state index in [1.807, 2.05) is 30.3 Å². The highest BCUT2D eigenvalue weighted by atomic mass is 16.1. The van der Waals surface area contributed by atoms with E-state index in [9.17, 15) is 10.1 Å². The fourth-order valence-corrected chi connectivity index (χ4v) is 3.41. The predicted molar refractivity (Wildman–Crippen MR) is 87.8 cm³/mol. The lowest BCUT2D eigenvalue weighted by Gasteiger charge is -2.32. The van der Waals surface area contributed by atoms with Gasteiger partial charge in [0.25, 0.3) is 0 Å². The molecular formula is C18H21N3O. The van der Waals surface area contributed by atoms with Crippen LogP contribution in [0.3, 0.4) is 0 Å². The first-order valence-corrected chi connectivity index (χ1v) is 7.93. The Morgan fingerprint density at radius 1 is 1.32 bits per heavy atom. The van der Waals surface area contributed by atoms with Crippen molar-refractivity contribution in [2.24, 2.45) is 0 Å². The molecule has 1 atom stereocenters. The number of rotatable bonds is 3.